The van der Waals surface area contributed by atoms with Crippen molar-refractivity contribution in [1.82, 2.24) is 20.2 Å². The third kappa shape index (κ3) is 4.55. The number of fused-ring (bicyclic) bond motifs is 1. The number of hydrogen-bond acceptors (Lipinski definition) is 10. The lowest BCUT2D eigenvalue weighted by Gasteiger charge is -2.18. The van der Waals surface area contributed by atoms with Crippen molar-refractivity contribution in [3.8, 4) is 6.07 Å². The van der Waals surface area contributed by atoms with E-state index in [1.165, 1.54) is 30.2 Å². The van der Waals surface area contributed by atoms with Crippen molar-refractivity contribution >= 4 is 45.2 Å². The van der Waals surface area contributed by atoms with Crippen LogP contribution in [0.3, 0.4) is 0 Å². The predicted octanol–water partition coefficient (Wildman–Crippen LogP) is 3.62. The van der Waals surface area contributed by atoms with Gasteiger partial charge in [-0.1, -0.05) is 23.5 Å². The molecule has 0 amide bonds. The Kier molecular flexibility index (Phi) is 5.76. The van der Waals surface area contributed by atoms with E-state index in [0.717, 1.165) is 0 Å². The first-order chi connectivity index (χ1) is 13.3. The van der Waals surface area contributed by atoms with Gasteiger partial charge in [0.15, 0.2) is 10.3 Å². The molecule has 0 radical (unpaired) electrons. The summed E-state index contributed by atoms with van der Waals surface area (Å²) in [7, 11) is 1.24. The van der Waals surface area contributed by atoms with Gasteiger partial charge < -0.3 is 10.1 Å². The van der Waals surface area contributed by atoms with Gasteiger partial charge in [0.25, 0.3) is 0 Å². The summed E-state index contributed by atoms with van der Waals surface area (Å²) in [6, 6.07) is 9.24. The minimum absolute atomic E-state index is 0.147. The van der Waals surface area contributed by atoms with Crippen LogP contribution in [0.2, 0.25) is 0 Å². The highest BCUT2D eigenvalue weighted by molar-refractivity contribution is 8.01. The number of hydrogen-bond donors (Lipinski definition) is 1. The second-order valence-electron chi connectivity index (χ2n) is 6.84. The average molecular weight is 415 g/mol. The SMILES string of the molecule is COC(=O)C(C#N)c1nc2ccccc2nc1Sc1nnc(NC(C)(C)C)s1. The maximum absolute atomic E-state index is 12.1. The zero-order chi connectivity index (χ0) is 20.3. The van der Waals surface area contributed by atoms with Gasteiger partial charge >= 0.3 is 5.97 Å². The highest BCUT2D eigenvalue weighted by Gasteiger charge is 2.28. The van der Waals surface area contributed by atoms with E-state index in [4.69, 9.17) is 4.74 Å². The van der Waals surface area contributed by atoms with Gasteiger partial charge in [0, 0.05) is 5.54 Å². The molecular weight excluding hydrogens is 396 g/mol. The number of nitrogens with zero attached hydrogens (tertiary/aromatic N) is 5. The lowest BCUT2D eigenvalue weighted by atomic mass is 10.1. The third-order valence-electron chi connectivity index (χ3n) is 3.48. The van der Waals surface area contributed by atoms with Crippen LogP contribution in [0.1, 0.15) is 32.4 Å². The van der Waals surface area contributed by atoms with Crippen molar-refractivity contribution in [2.45, 2.75) is 41.6 Å². The Hall–Kier alpha value is -2.77. The van der Waals surface area contributed by atoms with Crippen LogP contribution >= 0.6 is 23.1 Å². The van der Waals surface area contributed by atoms with E-state index >= 15 is 0 Å². The van der Waals surface area contributed by atoms with Crippen molar-refractivity contribution < 1.29 is 9.53 Å². The van der Waals surface area contributed by atoms with Gasteiger partial charge in [0.1, 0.15) is 10.7 Å². The first kappa shape index (κ1) is 20.0. The van der Waals surface area contributed by atoms with Crippen molar-refractivity contribution in [2.24, 2.45) is 0 Å². The second kappa shape index (κ2) is 8.08. The molecule has 10 heteroatoms. The first-order valence-corrected chi connectivity index (χ1v) is 9.97. The molecule has 1 unspecified atom stereocenters. The monoisotopic (exact) mass is 414 g/mol. The quantitative estimate of drug-likeness (QED) is 0.625. The predicted molar refractivity (Wildman–Crippen MR) is 107 cm³/mol. The highest BCUT2D eigenvalue weighted by atomic mass is 32.2. The van der Waals surface area contributed by atoms with E-state index in [1.54, 1.807) is 6.07 Å². The summed E-state index contributed by atoms with van der Waals surface area (Å²) in [5, 5.41) is 22.2. The molecule has 2 aromatic heterocycles. The standard InChI is InChI=1S/C18H18N6O2S2/c1-18(2,3)22-16-23-24-17(28-16)27-14-13(10(9-19)15(25)26-4)20-11-7-5-6-8-12(11)21-14/h5-8,10H,1-4H3,(H,22,23). The molecule has 0 saturated heterocycles. The number of aromatic nitrogens is 4. The second-order valence-corrected chi connectivity index (χ2v) is 9.05. The Balaban J connectivity index is 2.02. The third-order valence-corrected chi connectivity index (χ3v) is 5.36. The molecule has 3 rings (SSSR count). The van der Waals surface area contributed by atoms with E-state index in [-0.39, 0.29) is 11.2 Å². The Morgan fingerprint density at radius 3 is 2.54 bits per heavy atom. The van der Waals surface area contributed by atoms with Gasteiger partial charge in [-0.15, -0.1) is 10.2 Å². The van der Waals surface area contributed by atoms with Crippen LogP contribution in [-0.2, 0) is 9.53 Å². The van der Waals surface area contributed by atoms with Gasteiger partial charge in [0.2, 0.25) is 5.13 Å². The molecule has 1 atom stereocenters. The van der Waals surface area contributed by atoms with Gasteiger partial charge in [-0.25, -0.2) is 9.97 Å². The summed E-state index contributed by atoms with van der Waals surface area (Å²) >= 11 is 2.58. The molecule has 28 heavy (non-hydrogen) atoms. The first-order valence-electron chi connectivity index (χ1n) is 8.34. The summed E-state index contributed by atoms with van der Waals surface area (Å²) in [5.74, 6) is -1.86. The van der Waals surface area contributed by atoms with Gasteiger partial charge in [0.05, 0.1) is 24.2 Å². The number of carbonyl (C=O) groups is 1. The zero-order valence-electron chi connectivity index (χ0n) is 15.8. The molecule has 1 aromatic carbocycles. The normalized spacial score (nSPS) is 12.4. The lowest BCUT2D eigenvalue weighted by molar-refractivity contribution is -0.141. The summed E-state index contributed by atoms with van der Waals surface area (Å²) in [5.41, 5.74) is 1.36. The van der Waals surface area contributed by atoms with E-state index in [1.807, 2.05) is 45.0 Å². The van der Waals surface area contributed by atoms with E-state index in [9.17, 15) is 10.1 Å². The Morgan fingerprint density at radius 2 is 1.93 bits per heavy atom. The summed E-state index contributed by atoms with van der Waals surface area (Å²) in [6.07, 6.45) is 0. The maximum atomic E-state index is 12.1. The lowest BCUT2D eigenvalue weighted by Crippen LogP contribution is -2.25. The van der Waals surface area contributed by atoms with E-state index in [2.05, 4.69) is 25.5 Å². The van der Waals surface area contributed by atoms with Crippen molar-refractivity contribution in [1.29, 1.82) is 5.26 Å². The van der Waals surface area contributed by atoms with E-state index in [0.29, 0.717) is 25.5 Å². The molecule has 2 heterocycles. The largest absolute Gasteiger partial charge is 0.468 e. The molecule has 0 aliphatic rings. The zero-order valence-corrected chi connectivity index (χ0v) is 17.4. The van der Waals surface area contributed by atoms with Gasteiger partial charge in [-0.05, 0) is 44.7 Å². The molecular formula is C18H18N6O2S2. The highest BCUT2D eigenvalue weighted by Crippen LogP contribution is 2.36. The van der Waals surface area contributed by atoms with Crippen LogP contribution in [0.25, 0.3) is 11.0 Å². The summed E-state index contributed by atoms with van der Waals surface area (Å²) in [4.78, 5) is 21.2. The van der Waals surface area contributed by atoms with Crippen molar-refractivity contribution in [3.63, 3.8) is 0 Å². The molecule has 1 N–H and O–H groups in total. The maximum Gasteiger partial charge on any atom is 0.329 e. The minimum Gasteiger partial charge on any atom is -0.468 e. The number of rotatable bonds is 5. The Bertz CT molecular complexity index is 1050. The molecule has 0 spiro atoms. The van der Waals surface area contributed by atoms with Crippen LogP contribution in [0.4, 0.5) is 5.13 Å². The average Bonchev–Trinajstić information content (AvgIpc) is 3.07. The number of esters is 1. The van der Waals surface area contributed by atoms with Crippen LogP contribution in [0.15, 0.2) is 33.6 Å². The summed E-state index contributed by atoms with van der Waals surface area (Å²) < 4.78 is 5.38. The molecule has 0 saturated carbocycles. The van der Waals surface area contributed by atoms with Gasteiger partial charge in [-0.2, -0.15) is 5.26 Å². The van der Waals surface area contributed by atoms with Gasteiger partial charge in [-0.3, -0.25) is 4.79 Å². The number of anilines is 1. The molecule has 0 aliphatic heterocycles. The van der Waals surface area contributed by atoms with Crippen LogP contribution in [0, 0.1) is 11.3 Å². The molecule has 3 aromatic rings. The van der Waals surface area contributed by atoms with E-state index < -0.39 is 11.9 Å². The number of benzene rings is 1. The van der Waals surface area contributed by atoms with Crippen LogP contribution < -0.4 is 5.32 Å². The molecule has 0 fully saturated rings. The fourth-order valence-corrected chi connectivity index (χ4v) is 4.29. The minimum atomic E-state index is -1.18. The topological polar surface area (TPSA) is 114 Å². The number of para-hydroxylation sites is 2. The Morgan fingerprint density at radius 1 is 1.25 bits per heavy atom. The molecule has 8 nitrogen and oxygen atoms in total. The molecule has 0 bridgehead atoms. The Labute approximate surface area is 170 Å². The number of methoxy groups -OCH3 is 1. The number of nitrogens with one attached hydrogen (secondary N) is 1. The molecule has 0 aliphatic carbocycles. The number of nitriles is 1. The van der Waals surface area contributed by atoms with Crippen LogP contribution in [0.5, 0.6) is 0 Å². The smallest absolute Gasteiger partial charge is 0.329 e. The molecule has 144 valence electrons. The number of carbonyl (C=O) groups excluding carboxylic acids is 1. The summed E-state index contributed by atoms with van der Waals surface area (Å²) in [6.45, 7) is 6.09. The van der Waals surface area contributed by atoms with Crippen molar-refractivity contribution in [3.05, 3.63) is 30.0 Å². The van der Waals surface area contributed by atoms with Crippen molar-refractivity contribution in [2.75, 3.05) is 12.4 Å². The fraction of sp³-hybridized carbons (Fsp3) is 0.333. The number of ether oxygens (including phenoxy) is 1. The van der Waals surface area contributed by atoms with Crippen LogP contribution in [-0.4, -0.2) is 38.8 Å². The fourth-order valence-electron chi connectivity index (χ4n) is 2.31.